The van der Waals surface area contributed by atoms with Gasteiger partial charge in [-0.1, -0.05) is 34.1 Å². The van der Waals surface area contributed by atoms with Crippen molar-refractivity contribution in [1.29, 1.82) is 0 Å². The minimum Gasteiger partial charge on any atom is -0.351 e. The highest BCUT2D eigenvalue weighted by Crippen LogP contribution is 2.57. The Hall–Kier alpha value is -1.04. The van der Waals surface area contributed by atoms with Gasteiger partial charge in [-0.3, -0.25) is 4.79 Å². The molecule has 0 spiro atoms. The predicted molar refractivity (Wildman–Crippen MR) is 63.7 cm³/mol. The van der Waals surface area contributed by atoms with E-state index in [9.17, 15) is 18.0 Å². The molecule has 1 aliphatic carbocycles. The molecule has 6 heteroatoms. The molecule has 1 aromatic carbocycles. The second-order valence-corrected chi connectivity index (χ2v) is 5.21. The molecule has 1 amide bonds. The summed E-state index contributed by atoms with van der Waals surface area (Å²) >= 11 is 3.28. The molecule has 0 heterocycles. The Kier molecular flexibility index (Phi) is 3.40. The molecule has 0 bridgehead atoms. The predicted octanol–water partition coefficient (Wildman–Crippen LogP) is 3.41. The first-order valence-electron chi connectivity index (χ1n) is 5.45. The molecule has 0 radical (unpaired) electrons. The highest BCUT2D eigenvalue weighted by molar-refractivity contribution is 9.10. The lowest BCUT2D eigenvalue weighted by molar-refractivity contribution is -0.192. The molecule has 1 saturated carbocycles. The molecule has 0 saturated heterocycles. The first-order chi connectivity index (χ1) is 8.37. The molecule has 1 aliphatic rings. The van der Waals surface area contributed by atoms with E-state index in [1.165, 1.54) is 0 Å². The number of carbonyl (C=O) groups is 1. The van der Waals surface area contributed by atoms with Gasteiger partial charge >= 0.3 is 6.18 Å². The summed E-state index contributed by atoms with van der Waals surface area (Å²) in [4.78, 5) is 11.6. The average Bonchev–Trinajstić information content (AvgIpc) is 3.07. The molecule has 0 aliphatic heterocycles. The fraction of sp³-hybridized carbons (Fsp3) is 0.417. The van der Waals surface area contributed by atoms with E-state index in [0.29, 0.717) is 0 Å². The Balaban J connectivity index is 2.00. The van der Waals surface area contributed by atoms with E-state index in [1.807, 2.05) is 0 Å². The maximum absolute atomic E-state index is 12.7. The van der Waals surface area contributed by atoms with Crippen molar-refractivity contribution in [1.82, 2.24) is 5.32 Å². The van der Waals surface area contributed by atoms with Crippen molar-refractivity contribution in [3.8, 4) is 0 Å². The molecule has 1 fully saturated rings. The van der Waals surface area contributed by atoms with E-state index in [-0.39, 0.29) is 19.4 Å². The molecular weight excluding hydrogens is 311 g/mol. The van der Waals surface area contributed by atoms with Crippen LogP contribution in [0, 0.1) is 5.41 Å². The topological polar surface area (TPSA) is 29.1 Å². The normalized spacial score (nSPS) is 17.3. The van der Waals surface area contributed by atoms with Gasteiger partial charge in [-0.25, -0.2) is 0 Å². The van der Waals surface area contributed by atoms with Gasteiger partial charge in [-0.2, -0.15) is 13.2 Å². The molecule has 0 aromatic heterocycles. The van der Waals surface area contributed by atoms with E-state index < -0.39 is 17.5 Å². The smallest absolute Gasteiger partial charge is 0.351 e. The molecule has 2 nitrogen and oxygen atoms in total. The standard InChI is InChI=1S/C12H11BrF3NO/c13-9-4-2-1-3-8(9)7-17-10(18)11(5-6-11)12(14,15)16/h1-4H,5-7H2,(H,17,18). The maximum Gasteiger partial charge on any atom is 0.403 e. The molecule has 98 valence electrons. The molecule has 0 atom stereocenters. The van der Waals surface area contributed by atoms with E-state index in [4.69, 9.17) is 0 Å². The monoisotopic (exact) mass is 321 g/mol. The number of carbonyl (C=O) groups excluding carboxylic acids is 1. The van der Waals surface area contributed by atoms with Gasteiger partial charge in [-0.15, -0.1) is 0 Å². The second kappa shape index (κ2) is 4.57. The van der Waals surface area contributed by atoms with Crippen LogP contribution in [0.5, 0.6) is 0 Å². The fourth-order valence-corrected chi connectivity index (χ4v) is 2.18. The van der Waals surface area contributed by atoms with Gasteiger partial charge in [0.25, 0.3) is 0 Å². The first-order valence-corrected chi connectivity index (χ1v) is 6.24. The molecule has 18 heavy (non-hydrogen) atoms. The number of alkyl halides is 3. The highest BCUT2D eigenvalue weighted by Gasteiger charge is 2.68. The summed E-state index contributed by atoms with van der Waals surface area (Å²) in [5.41, 5.74) is -1.39. The van der Waals surface area contributed by atoms with Crippen LogP contribution in [0.3, 0.4) is 0 Å². The number of benzene rings is 1. The number of amides is 1. The molecule has 1 aromatic rings. The van der Waals surface area contributed by atoms with Gasteiger partial charge in [0.1, 0.15) is 5.41 Å². The van der Waals surface area contributed by atoms with Crippen LogP contribution in [0.1, 0.15) is 18.4 Å². The van der Waals surface area contributed by atoms with Crippen molar-refractivity contribution in [3.05, 3.63) is 34.3 Å². The zero-order valence-corrected chi connectivity index (χ0v) is 10.9. The third-order valence-electron chi connectivity index (χ3n) is 3.12. The number of hydrogen-bond donors (Lipinski definition) is 1. The molecule has 1 N–H and O–H groups in total. The number of nitrogens with one attached hydrogen (secondary N) is 1. The second-order valence-electron chi connectivity index (χ2n) is 4.35. The van der Waals surface area contributed by atoms with E-state index >= 15 is 0 Å². The minimum absolute atomic E-state index is 0.0953. The summed E-state index contributed by atoms with van der Waals surface area (Å²) in [7, 11) is 0. The van der Waals surface area contributed by atoms with Crippen LogP contribution in [0.25, 0.3) is 0 Å². The number of halogens is 4. The zero-order valence-electron chi connectivity index (χ0n) is 9.35. The van der Waals surface area contributed by atoms with E-state index in [2.05, 4.69) is 21.2 Å². The third-order valence-corrected chi connectivity index (χ3v) is 3.90. The lowest BCUT2D eigenvalue weighted by atomic mass is 10.1. The van der Waals surface area contributed by atoms with Gasteiger partial charge < -0.3 is 5.32 Å². The Labute approximate surface area is 111 Å². The summed E-state index contributed by atoms with van der Waals surface area (Å²) in [5, 5.41) is 2.36. The van der Waals surface area contributed by atoms with E-state index in [1.54, 1.807) is 24.3 Å². The largest absolute Gasteiger partial charge is 0.403 e. The van der Waals surface area contributed by atoms with Crippen molar-refractivity contribution in [3.63, 3.8) is 0 Å². The zero-order chi connectivity index (χ0) is 13.4. The Morgan fingerprint density at radius 3 is 2.44 bits per heavy atom. The van der Waals surface area contributed by atoms with Crippen molar-refractivity contribution in [2.45, 2.75) is 25.6 Å². The van der Waals surface area contributed by atoms with E-state index in [0.717, 1.165) is 10.0 Å². The highest BCUT2D eigenvalue weighted by atomic mass is 79.9. The van der Waals surface area contributed by atoms with Crippen molar-refractivity contribution in [2.75, 3.05) is 0 Å². The van der Waals surface area contributed by atoms with Crippen molar-refractivity contribution >= 4 is 21.8 Å². The van der Waals surface area contributed by atoms with Crippen LogP contribution in [0.4, 0.5) is 13.2 Å². The van der Waals surface area contributed by atoms with Crippen LogP contribution in [-0.2, 0) is 11.3 Å². The SMILES string of the molecule is O=C(NCc1ccccc1Br)C1(C(F)(F)F)CC1. The fourth-order valence-electron chi connectivity index (χ4n) is 1.75. The van der Waals surface area contributed by atoms with Gasteiger partial charge in [0.2, 0.25) is 5.91 Å². The Morgan fingerprint density at radius 1 is 1.33 bits per heavy atom. The lowest BCUT2D eigenvalue weighted by Gasteiger charge is -2.18. The van der Waals surface area contributed by atoms with Gasteiger partial charge in [-0.05, 0) is 24.5 Å². The number of rotatable bonds is 3. The lowest BCUT2D eigenvalue weighted by Crippen LogP contribution is -2.40. The summed E-state index contributed by atoms with van der Waals surface area (Å²) in [5.74, 6) is -0.925. The van der Waals surface area contributed by atoms with Crippen LogP contribution in [0.15, 0.2) is 28.7 Å². The quantitative estimate of drug-likeness (QED) is 0.908. The maximum atomic E-state index is 12.7. The Morgan fingerprint density at radius 2 is 1.94 bits per heavy atom. The Bertz CT molecular complexity index is 469. The van der Waals surface area contributed by atoms with Crippen molar-refractivity contribution in [2.24, 2.45) is 5.41 Å². The van der Waals surface area contributed by atoms with Crippen LogP contribution in [0.2, 0.25) is 0 Å². The first kappa shape index (κ1) is 13.4. The summed E-state index contributed by atoms with van der Waals surface area (Å²) in [6, 6.07) is 7.09. The minimum atomic E-state index is -4.45. The van der Waals surface area contributed by atoms with Gasteiger partial charge in [0, 0.05) is 11.0 Å². The molecule has 0 unspecified atom stereocenters. The molecular formula is C12H11BrF3NO. The van der Waals surface area contributed by atoms with Gasteiger partial charge in [0.05, 0.1) is 0 Å². The number of hydrogen-bond acceptors (Lipinski definition) is 1. The van der Waals surface area contributed by atoms with Gasteiger partial charge in [0.15, 0.2) is 0 Å². The summed E-state index contributed by atoms with van der Waals surface area (Å²) in [6.45, 7) is 0.0953. The van der Waals surface area contributed by atoms with Crippen molar-refractivity contribution < 1.29 is 18.0 Å². The van der Waals surface area contributed by atoms with Crippen LogP contribution < -0.4 is 5.32 Å². The van der Waals surface area contributed by atoms with Crippen LogP contribution in [-0.4, -0.2) is 12.1 Å². The van der Waals surface area contributed by atoms with Crippen LogP contribution >= 0.6 is 15.9 Å². The average molecular weight is 322 g/mol. The molecule has 2 rings (SSSR count). The summed E-state index contributed by atoms with van der Waals surface area (Å²) < 4.78 is 38.8. The summed E-state index contributed by atoms with van der Waals surface area (Å²) in [6.07, 6.45) is -4.68. The third kappa shape index (κ3) is 2.39.